The number of hydrogen-bond acceptors (Lipinski definition) is 2. The van der Waals surface area contributed by atoms with Crippen molar-refractivity contribution in [1.82, 2.24) is 5.32 Å². The van der Waals surface area contributed by atoms with Gasteiger partial charge in [0.05, 0.1) is 0 Å². The standard InChI is InChI=1S/C14H19F2NO/c1-2-17-13(8-10-6-7-18-9-10)11-4-3-5-12(15)14(11)16/h3-5,10,13,17H,2,6-9H2,1H3. The summed E-state index contributed by atoms with van der Waals surface area (Å²) in [6, 6.07) is 4.23. The highest BCUT2D eigenvalue weighted by Gasteiger charge is 2.24. The van der Waals surface area contributed by atoms with E-state index in [1.807, 2.05) is 6.92 Å². The summed E-state index contributed by atoms with van der Waals surface area (Å²) in [4.78, 5) is 0. The zero-order valence-corrected chi connectivity index (χ0v) is 10.6. The van der Waals surface area contributed by atoms with Crippen molar-refractivity contribution in [2.45, 2.75) is 25.8 Å². The molecule has 0 spiro atoms. The van der Waals surface area contributed by atoms with Gasteiger partial charge in [-0.15, -0.1) is 0 Å². The second-order valence-electron chi connectivity index (χ2n) is 4.72. The van der Waals surface area contributed by atoms with Gasteiger partial charge >= 0.3 is 0 Å². The van der Waals surface area contributed by atoms with Gasteiger partial charge in [0.15, 0.2) is 11.6 Å². The lowest BCUT2D eigenvalue weighted by molar-refractivity contribution is 0.181. The van der Waals surface area contributed by atoms with E-state index < -0.39 is 11.6 Å². The maximum atomic E-state index is 13.8. The van der Waals surface area contributed by atoms with Gasteiger partial charge in [0.25, 0.3) is 0 Å². The summed E-state index contributed by atoms with van der Waals surface area (Å²) < 4.78 is 32.4. The molecule has 2 rings (SSSR count). The van der Waals surface area contributed by atoms with E-state index in [0.717, 1.165) is 38.7 Å². The van der Waals surface area contributed by atoms with Gasteiger partial charge in [-0.25, -0.2) is 8.78 Å². The molecule has 0 aromatic heterocycles. The van der Waals surface area contributed by atoms with E-state index in [1.165, 1.54) is 0 Å². The molecule has 2 unspecified atom stereocenters. The summed E-state index contributed by atoms with van der Waals surface area (Å²) in [7, 11) is 0. The molecule has 1 aromatic rings. The largest absolute Gasteiger partial charge is 0.381 e. The van der Waals surface area contributed by atoms with Gasteiger partial charge in [0.1, 0.15) is 0 Å². The third kappa shape index (κ3) is 3.06. The molecule has 2 atom stereocenters. The van der Waals surface area contributed by atoms with Crippen LogP contribution in [0.15, 0.2) is 18.2 Å². The second-order valence-corrected chi connectivity index (χ2v) is 4.72. The van der Waals surface area contributed by atoms with Crippen molar-refractivity contribution in [2.75, 3.05) is 19.8 Å². The summed E-state index contributed by atoms with van der Waals surface area (Å²) in [5.74, 6) is -1.09. The molecular formula is C14H19F2NO. The van der Waals surface area contributed by atoms with Crippen molar-refractivity contribution in [2.24, 2.45) is 5.92 Å². The van der Waals surface area contributed by atoms with Crippen LogP contribution in [-0.2, 0) is 4.74 Å². The van der Waals surface area contributed by atoms with Crippen molar-refractivity contribution in [1.29, 1.82) is 0 Å². The van der Waals surface area contributed by atoms with E-state index in [9.17, 15) is 8.78 Å². The Bertz CT molecular complexity index is 391. The van der Waals surface area contributed by atoms with Gasteiger partial charge in [0, 0.05) is 24.8 Å². The van der Waals surface area contributed by atoms with Crippen LogP contribution in [0.4, 0.5) is 8.78 Å². The summed E-state index contributed by atoms with van der Waals surface area (Å²) >= 11 is 0. The van der Waals surface area contributed by atoms with Crippen LogP contribution in [0, 0.1) is 17.6 Å². The molecule has 0 saturated carbocycles. The van der Waals surface area contributed by atoms with E-state index in [-0.39, 0.29) is 6.04 Å². The third-order valence-corrected chi connectivity index (χ3v) is 3.40. The van der Waals surface area contributed by atoms with Crippen LogP contribution in [0.25, 0.3) is 0 Å². The van der Waals surface area contributed by atoms with E-state index >= 15 is 0 Å². The van der Waals surface area contributed by atoms with Crippen LogP contribution in [0.1, 0.15) is 31.4 Å². The van der Waals surface area contributed by atoms with E-state index in [2.05, 4.69) is 5.32 Å². The molecule has 18 heavy (non-hydrogen) atoms. The first-order chi connectivity index (χ1) is 8.72. The first kappa shape index (κ1) is 13.4. The Kier molecular flexibility index (Phi) is 4.66. The molecule has 0 aliphatic carbocycles. The molecule has 0 amide bonds. The van der Waals surface area contributed by atoms with Gasteiger partial charge in [-0.05, 0) is 31.4 Å². The Morgan fingerprint density at radius 1 is 1.44 bits per heavy atom. The summed E-state index contributed by atoms with van der Waals surface area (Å²) in [6.45, 7) is 4.19. The molecule has 1 fully saturated rings. The highest BCUT2D eigenvalue weighted by atomic mass is 19.2. The van der Waals surface area contributed by atoms with Crippen LogP contribution in [0.2, 0.25) is 0 Å². The quantitative estimate of drug-likeness (QED) is 0.873. The zero-order valence-electron chi connectivity index (χ0n) is 10.6. The minimum absolute atomic E-state index is 0.141. The number of benzene rings is 1. The molecule has 4 heteroatoms. The van der Waals surface area contributed by atoms with Crippen LogP contribution in [0.3, 0.4) is 0 Å². The predicted octanol–water partition coefficient (Wildman–Crippen LogP) is 3.04. The van der Waals surface area contributed by atoms with Crippen LogP contribution < -0.4 is 5.32 Å². The highest BCUT2D eigenvalue weighted by molar-refractivity contribution is 5.22. The maximum absolute atomic E-state index is 13.8. The van der Waals surface area contributed by atoms with Gasteiger partial charge in [-0.1, -0.05) is 19.1 Å². The predicted molar refractivity (Wildman–Crippen MR) is 66.3 cm³/mol. The molecular weight excluding hydrogens is 236 g/mol. The fraction of sp³-hybridized carbons (Fsp3) is 0.571. The van der Waals surface area contributed by atoms with Gasteiger partial charge in [-0.3, -0.25) is 0 Å². The number of halogens is 2. The number of rotatable bonds is 5. The summed E-state index contributed by atoms with van der Waals surface area (Å²) in [5, 5.41) is 3.23. The first-order valence-electron chi connectivity index (χ1n) is 6.47. The molecule has 2 nitrogen and oxygen atoms in total. The highest BCUT2D eigenvalue weighted by Crippen LogP contribution is 2.28. The summed E-state index contributed by atoms with van der Waals surface area (Å²) in [6.07, 6.45) is 1.78. The van der Waals surface area contributed by atoms with Crippen molar-refractivity contribution < 1.29 is 13.5 Å². The lowest BCUT2D eigenvalue weighted by Crippen LogP contribution is -2.25. The fourth-order valence-corrected chi connectivity index (χ4v) is 2.46. The monoisotopic (exact) mass is 255 g/mol. The Balaban J connectivity index is 2.14. The molecule has 0 radical (unpaired) electrons. The van der Waals surface area contributed by atoms with Crippen LogP contribution in [0.5, 0.6) is 0 Å². The lowest BCUT2D eigenvalue weighted by atomic mass is 9.93. The smallest absolute Gasteiger partial charge is 0.163 e. The summed E-state index contributed by atoms with van der Waals surface area (Å²) in [5.41, 5.74) is 0.420. The fourth-order valence-electron chi connectivity index (χ4n) is 2.46. The van der Waals surface area contributed by atoms with Crippen molar-refractivity contribution in [3.63, 3.8) is 0 Å². The zero-order chi connectivity index (χ0) is 13.0. The van der Waals surface area contributed by atoms with Crippen molar-refractivity contribution in [3.05, 3.63) is 35.4 Å². The normalized spacial score (nSPS) is 21.2. The molecule has 1 aromatic carbocycles. The van der Waals surface area contributed by atoms with Crippen molar-refractivity contribution in [3.8, 4) is 0 Å². The van der Waals surface area contributed by atoms with E-state index in [4.69, 9.17) is 4.74 Å². The van der Waals surface area contributed by atoms with Gasteiger partial charge in [0.2, 0.25) is 0 Å². The Hall–Kier alpha value is -1.00. The molecule has 1 N–H and O–H groups in total. The van der Waals surface area contributed by atoms with Crippen LogP contribution >= 0.6 is 0 Å². The number of nitrogens with one attached hydrogen (secondary N) is 1. The molecule has 1 heterocycles. The SMILES string of the molecule is CCNC(CC1CCOC1)c1cccc(F)c1F. The van der Waals surface area contributed by atoms with Crippen LogP contribution in [-0.4, -0.2) is 19.8 Å². The Morgan fingerprint density at radius 2 is 2.28 bits per heavy atom. The Labute approximate surface area is 106 Å². The van der Waals surface area contributed by atoms with E-state index in [1.54, 1.807) is 12.1 Å². The number of ether oxygens (including phenoxy) is 1. The Morgan fingerprint density at radius 3 is 2.94 bits per heavy atom. The van der Waals surface area contributed by atoms with E-state index in [0.29, 0.717) is 11.5 Å². The molecule has 1 saturated heterocycles. The second kappa shape index (κ2) is 6.25. The third-order valence-electron chi connectivity index (χ3n) is 3.40. The maximum Gasteiger partial charge on any atom is 0.163 e. The topological polar surface area (TPSA) is 21.3 Å². The molecule has 1 aliphatic heterocycles. The van der Waals surface area contributed by atoms with Gasteiger partial charge < -0.3 is 10.1 Å². The molecule has 100 valence electrons. The molecule has 0 bridgehead atoms. The average Bonchev–Trinajstić information content (AvgIpc) is 2.85. The first-order valence-corrected chi connectivity index (χ1v) is 6.47. The average molecular weight is 255 g/mol. The number of hydrogen-bond donors (Lipinski definition) is 1. The van der Waals surface area contributed by atoms with Gasteiger partial charge in [-0.2, -0.15) is 0 Å². The lowest BCUT2D eigenvalue weighted by Gasteiger charge is -2.21. The molecule has 1 aliphatic rings. The minimum atomic E-state index is -0.780. The van der Waals surface area contributed by atoms with Crippen molar-refractivity contribution >= 4 is 0 Å². The minimum Gasteiger partial charge on any atom is -0.381 e.